The molecule has 19 heavy (non-hydrogen) atoms. The Hall–Kier alpha value is -2.38. The van der Waals surface area contributed by atoms with E-state index >= 15 is 0 Å². The molecule has 0 saturated heterocycles. The number of carbonyl (C=O) groups is 1. The molecular formula is C11H8F3N3O2. The number of rotatable bonds is 3. The number of benzene rings is 1. The van der Waals surface area contributed by atoms with Crippen LogP contribution in [-0.2, 0) is 6.54 Å². The van der Waals surface area contributed by atoms with Crippen LogP contribution in [0, 0.1) is 0 Å². The van der Waals surface area contributed by atoms with Crippen molar-refractivity contribution in [1.29, 1.82) is 0 Å². The third-order valence-corrected chi connectivity index (χ3v) is 2.31. The lowest BCUT2D eigenvalue weighted by Crippen LogP contribution is -2.23. The highest BCUT2D eigenvalue weighted by molar-refractivity contribution is 5.98. The molecule has 1 aromatic carbocycles. The summed E-state index contributed by atoms with van der Waals surface area (Å²) in [5, 5.41) is 15.7. The van der Waals surface area contributed by atoms with Gasteiger partial charge in [-0.3, -0.25) is 4.79 Å². The number of aromatic hydroxyl groups is 1. The van der Waals surface area contributed by atoms with Crippen LogP contribution in [0.1, 0.15) is 16.1 Å². The Labute approximate surface area is 105 Å². The highest BCUT2D eigenvalue weighted by atomic mass is 19.4. The number of nitrogens with zero attached hydrogens (tertiary/aromatic N) is 3. The van der Waals surface area contributed by atoms with E-state index in [0.29, 0.717) is 5.56 Å². The minimum absolute atomic E-state index is 0.0790. The average molecular weight is 271 g/mol. The van der Waals surface area contributed by atoms with Crippen LogP contribution in [0.15, 0.2) is 30.5 Å². The normalized spacial score (nSPS) is 11.5. The van der Waals surface area contributed by atoms with Crippen molar-refractivity contribution in [2.75, 3.05) is 0 Å². The predicted octanol–water partition coefficient (Wildman–Crippen LogP) is 1.78. The molecule has 8 heteroatoms. The van der Waals surface area contributed by atoms with Crippen molar-refractivity contribution in [3.05, 3.63) is 41.7 Å². The molecular weight excluding hydrogens is 263 g/mol. The van der Waals surface area contributed by atoms with Gasteiger partial charge >= 0.3 is 6.18 Å². The number of hydrogen-bond acceptors (Lipinski definition) is 4. The molecule has 0 spiro atoms. The maximum atomic E-state index is 12.2. The Morgan fingerprint density at radius 1 is 1.26 bits per heavy atom. The second kappa shape index (κ2) is 4.71. The maximum Gasteiger partial charge on any atom is 0.456 e. The van der Waals surface area contributed by atoms with Gasteiger partial charge in [-0.15, -0.1) is 5.10 Å². The molecule has 0 bridgehead atoms. The van der Waals surface area contributed by atoms with Gasteiger partial charge in [0.1, 0.15) is 5.75 Å². The van der Waals surface area contributed by atoms with Gasteiger partial charge in [0.15, 0.2) is 5.69 Å². The van der Waals surface area contributed by atoms with E-state index in [1.807, 2.05) is 0 Å². The van der Waals surface area contributed by atoms with Crippen LogP contribution < -0.4 is 0 Å². The first-order valence-electron chi connectivity index (χ1n) is 5.16. The Bertz CT molecular complexity index is 590. The molecule has 5 nitrogen and oxygen atoms in total. The number of carbonyl (C=O) groups excluding carboxylic acids is 1. The summed E-state index contributed by atoms with van der Waals surface area (Å²) in [4.78, 5) is 10.9. The van der Waals surface area contributed by atoms with Gasteiger partial charge in [-0.1, -0.05) is 17.3 Å². The lowest BCUT2D eigenvalue weighted by Gasteiger charge is -2.01. The van der Waals surface area contributed by atoms with Crippen LogP contribution in [0.5, 0.6) is 5.75 Å². The van der Waals surface area contributed by atoms with Crippen molar-refractivity contribution in [2.45, 2.75) is 12.7 Å². The highest BCUT2D eigenvalue weighted by Crippen LogP contribution is 2.20. The standard InChI is InChI=1S/C11H8F3N3O2/c12-11(13,14)10(19)9-6-17(16-15-9)5-7-1-3-8(18)4-2-7/h1-4,6,18H,5H2. The second-order valence-corrected chi connectivity index (χ2v) is 3.79. The number of phenolic OH excluding ortho intramolecular Hbond substituents is 1. The zero-order chi connectivity index (χ0) is 14.0. The second-order valence-electron chi connectivity index (χ2n) is 3.79. The minimum atomic E-state index is -4.96. The molecule has 1 aromatic heterocycles. The molecule has 2 rings (SSSR count). The zero-order valence-electron chi connectivity index (χ0n) is 9.42. The summed E-state index contributed by atoms with van der Waals surface area (Å²) in [5.74, 6) is -1.94. The van der Waals surface area contributed by atoms with Gasteiger partial charge in [-0.25, -0.2) is 4.68 Å². The fourth-order valence-electron chi connectivity index (χ4n) is 1.41. The lowest BCUT2D eigenvalue weighted by molar-refractivity contribution is -0.0888. The molecule has 0 aliphatic rings. The first-order chi connectivity index (χ1) is 8.86. The molecule has 0 unspecified atom stereocenters. The Morgan fingerprint density at radius 2 is 1.89 bits per heavy atom. The summed E-state index contributed by atoms with van der Waals surface area (Å²) in [6.45, 7) is 0.151. The molecule has 0 aliphatic carbocycles. The third-order valence-electron chi connectivity index (χ3n) is 2.31. The maximum absolute atomic E-state index is 12.2. The van der Waals surface area contributed by atoms with E-state index in [1.165, 1.54) is 12.1 Å². The smallest absolute Gasteiger partial charge is 0.456 e. The Kier molecular flexibility index (Phi) is 3.24. The first-order valence-corrected chi connectivity index (χ1v) is 5.16. The van der Waals surface area contributed by atoms with E-state index in [0.717, 1.165) is 10.9 Å². The fourth-order valence-corrected chi connectivity index (χ4v) is 1.41. The van der Waals surface area contributed by atoms with Crippen molar-refractivity contribution in [3.8, 4) is 5.75 Å². The quantitative estimate of drug-likeness (QED) is 0.864. The molecule has 1 heterocycles. The first kappa shape index (κ1) is 13.1. The average Bonchev–Trinajstić information content (AvgIpc) is 2.78. The van der Waals surface area contributed by atoms with Crippen molar-refractivity contribution in [1.82, 2.24) is 15.0 Å². The van der Waals surface area contributed by atoms with E-state index < -0.39 is 17.7 Å². The number of Topliss-reactive ketones (excluding diaryl/α,β-unsaturated/α-hetero) is 1. The summed E-state index contributed by atoms with van der Waals surface area (Å²) in [6, 6.07) is 6.05. The van der Waals surface area contributed by atoms with Crippen LogP contribution in [0.2, 0.25) is 0 Å². The largest absolute Gasteiger partial charge is 0.508 e. The van der Waals surface area contributed by atoms with Gasteiger partial charge in [0.2, 0.25) is 0 Å². The molecule has 0 amide bonds. The molecule has 0 atom stereocenters. The van der Waals surface area contributed by atoms with Gasteiger partial charge in [-0.2, -0.15) is 13.2 Å². The number of hydrogen-bond donors (Lipinski definition) is 1. The number of halogens is 3. The fraction of sp³-hybridized carbons (Fsp3) is 0.182. The van der Waals surface area contributed by atoms with E-state index in [1.54, 1.807) is 12.1 Å². The highest BCUT2D eigenvalue weighted by Gasteiger charge is 2.41. The van der Waals surface area contributed by atoms with Gasteiger partial charge < -0.3 is 5.11 Å². The molecule has 0 fully saturated rings. The van der Waals surface area contributed by atoms with Crippen molar-refractivity contribution in [2.24, 2.45) is 0 Å². The van der Waals surface area contributed by atoms with Crippen molar-refractivity contribution >= 4 is 5.78 Å². The zero-order valence-corrected chi connectivity index (χ0v) is 9.42. The van der Waals surface area contributed by atoms with Crippen LogP contribution in [0.4, 0.5) is 13.2 Å². The van der Waals surface area contributed by atoms with Crippen LogP contribution in [0.3, 0.4) is 0 Å². The summed E-state index contributed by atoms with van der Waals surface area (Å²) < 4.78 is 37.6. The molecule has 0 radical (unpaired) electrons. The van der Waals surface area contributed by atoms with Gasteiger partial charge in [-0.05, 0) is 17.7 Å². The number of ketones is 1. The van der Waals surface area contributed by atoms with E-state index in [9.17, 15) is 18.0 Å². The summed E-state index contributed by atoms with van der Waals surface area (Å²) >= 11 is 0. The summed E-state index contributed by atoms with van der Waals surface area (Å²) in [5.41, 5.74) is -0.0417. The number of aromatic nitrogens is 3. The van der Waals surface area contributed by atoms with E-state index in [4.69, 9.17) is 5.11 Å². The molecule has 1 N–H and O–H groups in total. The van der Waals surface area contributed by atoms with Crippen LogP contribution in [-0.4, -0.2) is 32.1 Å². The molecule has 0 aliphatic heterocycles. The number of alkyl halides is 3. The van der Waals surface area contributed by atoms with Gasteiger partial charge in [0, 0.05) is 0 Å². The molecule has 0 saturated carbocycles. The van der Waals surface area contributed by atoms with Crippen molar-refractivity contribution in [3.63, 3.8) is 0 Å². The van der Waals surface area contributed by atoms with Crippen molar-refractivity contribution < 1.29 is 23.1 Å². The Balaban J connectivity index is 2.14. The third kappa shape index (κ3) is 3.09. The van der Waals surface area contributed by atoms with E-state index in [-0.39, 0.29) is 12.3 Å². The number of phenols is 1. The van der Waals surface area contributed by atoms with Gasteiger partial charge in [0.25, 0.3) is 5.78 Å². The molecule has 2 aromatic rings. The van der Waals surface area contributed by atoms with Crippen LogP contribution in [0.25, 0.3) is 0 Å². The summed E-state index contributed by atoms with van der Waals surface area (Å²) in [6.07, 6.45) is -4.03. The predicted molar refractivity (Wildman–Crippen MR) is 57.6 cm³/mol. The summed E-state index contributed by atoms with van der Waals surface area (Å²) in [7, 11) is 0. The topological polar surface area (TPSA) is 68.0 Å². The minimum Gasteiger partial charge on any atom is -0.508 e. The van der Waals surface area contributed by atoms with Crippen LogP contribution >= 0.6 is 0 Å². The van der Waals surface area contributed by atoms with E-state index in [2.05, 4.69) is 10.3 Å². The van der Waals surface area contributed by atoms with Gasteiger partial charge in [0.05, 0.1) is 12.7 Å². The lowest BCUT2D eigenvalue weighted by atomic mass is 10.2. The molecule has 100 valence electrons. The Morgan fingerprint density at radius 3 is 2.47 bits per heavy atom. The SMILES string of the molecule is O=C(c1cn(Cc2ccc(O)cc2)nn1)C(F)(F)F. The monoisotopic (exact) mass is 271 g/mol.